The molecule has 2 aliphatic heterocycles. The van der Waals surface area contributed by atoms with E-state index in [4.69, 9.17) is 10.5 Å². The number of amides is 1. The van der Waals surface area contributed by atoms with E-state index in [2.05, 4.69) is 6.92 Å². The van der Waals surface area contributed by atoms with Crippen LogP contribution in [-0.4, -0.2) is 30.4 Å². The molecule has 2 heterocycles. The van der Waals surface area contributed by atoms with E-state index in [1.807, 2.05) is 23.1 Å². The molecule has 1 fully saturated rings. The van der Waals surface area contributed by atoms with Gasteiger partial charge in [0.1, 0.15) is 0 Å². The highest BCUT2D eigenvalue weighted by atomic mass is 16.5. The summed E-state index contributed by atoms with van der Waals surface area (Å²) in [4.78, 5) is 14.4. The molecule has 4 nitrogen and oxygen atoms in total. The van der Waals surface area contributed by atoms with Crippen LogP contribution in [0, 0.1) is 5.41 Å². The molecule has 2 N–H and O–H groups in total. The van der Waals surface area contributed by atoms with Gasteiger partial charge in [0.15, 0.2) is 0 Å². The largest absolute Gasteiger partial charge is 0.372 e. The van der Waals surface area contributed by atoms with Crippen molar-refractivity contribution in [1.29, 1.82) is 0 Å². The predicted octanol–water partition coefficient (Wildman–Crippen LogP) is 1.53. The average molecular weight is 260 g/mol. The lowest BCUT2D eigenvalue weighted by Gasteiger charge is -2.22. The van der Waals surface area contributed by atoms with Crippen LogP contribution >= 0.6 is 0 Å². The van der Waals surface area contributed by atoms with Gasteiger partial charge >= 0.3 is 0 Å². The molecule has 0 bridgehead atoms. The molecule has 0 radical (unpaired) electrons. The number of carbonyl (C=O) groups is 1. The summed E-state index contributed by atoms with van der Waals surface area (Å²) in [6, 6.07) is 5.89. The Morgan fingerprint density at radius 1 is 1.42 bits per heavy atom. The first-order chi connectivity index (χ1) is 9.11. The minimum Gasteiger partial charge on any atom is -0.372 e. The molecule has 102 valence electrons. The van der Waals surface area contributed by atoms with Crippen LogP contribution in [0.4, 0.5) is 0 Å². The molecule has 1 aromatic rings. The molecule has 0 saturated carbocycles. The van der Waals surface area contributed by atoms with Crippen molar-refractivity contribution in [2.75, 3.05) is 19.6 Å². The van der Waals surface area contributed by atoms with Crippen LogP contribution in [0.1, 0.15) is 34.8 Å². The fourth-order valence-electron chi connectivity index (χ4n) is 2.85. The van der Waals surface area contributed by atoms with Crippen LogP contribution in [0.3, 0.4) is 0 Å². The summed E-state index contributed by atoms with van der Waals surface area (Å²) in [6.07, 6.45) is 0.989. The van der Waals surface area contributed by atoms with Gasteiger partial charge in [-0.1, -0.05) is 13.0 Å². The van der Waals surface area contributed by atoms with Gasteiger partial charge in [-0.25, -0.2) is 0 Å². The highest BCUT2D eigenvalue weighted by Gasteiger charge is 2.35. The summed E-state index contributed by atoms with van der Waals surface area (Å²) in [5.41, 5.74) is 8.98. The molecular formula is C15H20N2O2. The SMILES string of the molecule is CC1(CN)CCN(C(=O)c2ccc3c(c2)COC3)C1. The van der Waals surface area contributed by atoms with Crippen molar-refractivity contribution in [3.8, 4) is 0 Å². The van der Waals surface area contributed by atoms with E-state index in [0.29, 0.717) is 19.8 Å². The summed E-state index contributed by atoms with van der Waals surface area (Å²) in [6.45, 7) is 5.64. The predicted molar refractivity (Wildman–Crippen MR) is 72.6 cm³/mol. The van der Waals surface area contributed by atoms with Gasteiger partial charge in [-0.3, -0.25) is 4.79 Å². The van der Waals surface area contributed by atoms with E-state index in [-0.39, 0.29) is 11.3 Å². The third-order valence-electron chi connectivity index (χ3n) is 4.31. The molecule has 3 rings (SSSR count). The van der Waals surface area contributed by atoms with Crippen molar-refractivity contribution in [2.24, 2.45) is 11.1 Å². The average Bonchev–Trinajstić information content (AvgIpc) is 3.04. The van der Waals surface area contributed by atoms with Crippen LogP contribution in [0.5, 0.6) is 0 Å². The van der Waals surface area contributed by atoms with Crippen LogP contribution < -0.4 is 5.73 Å². The number of nitrogens with two attached hydrogens (primary N) is 1. The normalized spacial score (nSPS) is 25.7. The van der Waals surface area contributed by atoms with E-state index < -0.39 is 0 Å². The van der Waals surface area contributed by atoms with Gasteiger partial charge in [0.25, 0.3) is 5.91 Å². The molecule has 1 aromatic carbocycles. The highest BCUT2D eigenvalue weighted by molar-refractivity contribution is 5.94. The van der Waals surface area contributed by atoms with Crippen LogP contribution in [0.25, 0.3) is 0 Å². The first-order valence-electron chi connectivity index (χ1n) is 6.80. The molecule has 0 aromatic heterocycles. The zero-order chi connectivity index (χ0) is 13.5. The lowest BCUT2D eigenvalue weighted by Crippen LogP contribution is -2.34. The number of hydrogen-bond acceptors (Lipinski definition) is 3. The Bertz CT molecular complexity index is 515. The fraction of sp³-hybridized carbons (Fsp3) is 0.533. The van der Waals surface area contributed by atoms with Gasteiger partial charge in [0.05, 0.1) is 13.2 Å². The summed E-state index contributed by atoms with van der Waals surface area (Å²) >= 11 is 0. The highest BCUT2D eigenvalue weighted by Crippen LogP contribution is 2.30. The minimum atomic E-state index is 0.0789. The first kappa shape index (κ1) is 12.6. The van der Waals surface area contributed by atoms with Gasteiger partial charge in [-0.15, -0.1) is 0 Å². The molecule has 2 aliphatic rings. The van der Waals surface area contributed by atoms with Gasteiger partial charge in [0, 0.05) is 18.7 Å². The standard InChI is InChI=1S/C15H20N2O2/c1-15(9-16)4-5-17(10-15)14(18)11-2-3-12-7-19-8-13(12)6-11/h2-3,6H,4-5,7-10,16H2,1H3. The number of benzene rings is 1. The zero-order valence-corrected chi connectivity index (χ0v) is 11.3. The first-order valence-corrected chi connectivity index (χ1v) is 6.80. The summed E-state index contributed by atoms with van der Waals surface area (Å²) in [7, 11) is 0. The summed E-state index contributed by atoms with van der Waals surface area (Å²) in [5, 5.41) is 0. The van der Waals surface area contributed by atoms with E-state index >= 15 is 0 Å². The monoisotopic (exact) mass is 260 g/mol. The molecule has 1 atom stereocenters. The second kappa shape index (κ2) is 4.62. The maximum absolute atomic E-state index is 12.5. The molecule has 0 spiro atoms. The van der Waals surface area contributed by atoms with Gasteiger partial charge in [-0.2, -0.15) is 0 Å². The number of rotatable bonds is 2. The van der Waals surface area contributed by atoms with Crippen molar-refractivity contribution in [3.63, 3.8) is 0 Å². The molecule has 1 saturated heterocycles. The number of hydrogen-bond donors (Lipinski definition) is 1. The molecule has 19 heavy (non-hydrogen) atoms. The summed E-state index contributed by atoms with van der Waals surface area (Å²) in [5.74, 6) is 0.117. The lowest BCUT2D eigenvalue weighted by atomic mass is 9.90. The molecule has 0 aliphatic carbocycles. The van der Waals surface area contributed by atoms with Crippen LogP contribution in [0.2, 0.25) is 0 Å². The quantitative estimate of drug-likeness (QED) is 0.877. The Hall–Kier alpha value is -1.39. The van der Waals surface area contributed by atoms with E-state index in [0.717, 1.165) is 30.6 Å². The second-order valence-electron chi connectivity index (χ2n) is 5.97. The Morgan fingerprint density at radius 3 is 2.95 bits per heavy atom. The molecule has 1 unspecified atom stereocenters. The smallest absolute Gasteiger partial charge is 0.253 e. The van der Waals surface area contributed by atoms with Crippen molar-refractivity contribution in [2.45, 2.75) is 26.6 Å². The Balaban J connectivity index is 1.78. The van der Waals surface area contributed by atoms with Crippen LogP contribution in [-0.2, 0) is 18.0 Å². The Morgan fingerprint density at radius 2 is 2.21 bits per heavy atom. The number of nitrogens with zero attached hydrogens (tertiary/aromatic N) is 1. The number of ether oxygens (including phenoxy) is 1. The lowest BCUT2D eigenvalue weighted by molar-refractivity contribution is 0.0776. The van der Waals surface area contributed by atoms with E-state index in [9.17, 15) is 4.79 Å². The van der Waals surface area contributed by atoms with Crippen LogP contribution in [0.15, 0.2) is 18.2 Å². The third kappa shape index (κ3) is 2.26. The second-order valence-corrected chi connectivity index (χ2v) is 5.97. The number of likely N-dealkylation sites (tertiary alicyclic amines) is 1. The molecular weight excluding hydrogens is 240 g/mol. The van der Waals surface area contributed by atoms with Crippen molar-refractivity contribution < 1.29 is 9.53 Å². The maximum atomic E-state index is 12.5. The van der Waals surface area contributed by atoms with Crippen molar-refractivity contribution in [3.05, 3.63) is 34.9 Å². The molecule has 1 amide bonds. The van der Waals surface area contributed by atoms with E-state index in [1.54, 1.807) is 0 Å². The van der Waals surface area contributed by atoms with Gasteiger partial charge in [-0.05, 0) is 41.6 Å². The zero-order valence-electron chi connectivity index (χ0n) is 11.3. The van der Waals surface area contributed by atoms with Gasteiger partial charge < -0.3 is 15.4 Å². The molecule has 4 heteroatoms. The maximum Gasteiger partial charge on any atom is 0.253 e. The minimum absolute atomic E-state index is 0.0789. The fourth-order valence-corrected chi connectivity index (χ4v) is 2.85. The van der Waals surface area contributed by atoms with Crippen molar-refractivity contribution >= 4 is 5.91 Å². The number of fused-ring (bicyclic) bond motifs is 1. The Labute approximate surface area is 113 Å². The van der Waals surface area contributed by atoms with Crippen molar-refractivity contribution in [1.82, 2.24) is 4.90 Å². The topological polar surface area (TPSA) is 55.6 Å². The number of carbonyl (C=O) groups excluding carboxylic acids is 1. The summed E-state index contributed by atoms with van der Waals surface area (Å²) < 4.78 is 5.38. The third-order valence-corrected chi connectivity index (χ3v) is 4.31. The Kier molecular flexibility index (Phi) is 3.07. The van der Waals surface area contributed by atoms with Gasteiger partial charge in [0.2, 0.25) is 0 Å². The van der Waals surface area contributed by atoms with E-state index in [1.165, 1.54) is 5.56 Å².